The summed E-state index contributed by atoms with van der Waals surface area (Å²) in [7, 11) is 0. The standard InChI is InChI=1S/C10H9N3S2/c14-10-12-8(7-2-1-5-15-7)6-3-4-11-9(6)13-10/h1-2,5H,3-4H2,(H2,11,12,13,14). The second-order valence-electron chi connectivity index (χ2n) is 3.40. The fourth-order valence-corrected chi connectivity index (χ4v) is 2.77. The van der Waals surface area contributed by atoms with Crippen molar-refractivity contribution in [2.24, 2.45) is 0 Å². The number of H-pyrrole nitrogens is 1. The molecular weight excluding hydrogens is 226 g/mol. The van der Waals surface area contributed by atoms with Crippen molar-refractivity contribution in [3.05, 3.63) is 27.8 Å². The van der Waals surface area contributed by atoms with E-state index in [4.69, 9.17) is 12.2 Å². The van der Waals surface area contributed by atoms with E-state index in [1.807, 2.05) is 6.07 Å². The Morgan fingerprint density at radius 3 is 3.20 bits per heavy atom. The van der Waals surface area contributed by atoms with E-state index < -0.39 is 0 Å². The molecule has 3 rings (SSSR count). The van der Waals surface area contributed by atoms with Gasteiger partial charge in [0, 0.05) is 12.1 Å². The maximum absolute atomic E-state index is 5.11. The Bertz CT molecular complexity index is 542. The summed E-state index contributed by atoms with van der Waals surface area (Å²) in [6.45, 7) is 0.952. The first-order valence-corrected chi connectivity index (χ1v) is 6.04. The summed E-state index contributed by atoms with van der Waals surface area (Å²) < 4.78 is 0.548. The predicted molar refractivity (Wildman–Crippen MR) is 64.9 cm³/mol. The van der Waals surface area contributed by atoms with Crippen molar-refractivity contribution in [2.75, 3.05) is 11.9 Å². The Hall–Kier alpha value is -1.20. The van der Waals surface area contributed by atoms with Crippen LogP contribution in [0.15, 0.2) is 17.5 Å². The number of fused-ring (bicyclic) bond motifs is 1. The van der Waals surface area contributed by atoms with E-state index in [9.17, 15) is 0 Å². The molecule has 0 aromatic carbocycles. The van der Waals surface area contributed by atoms with Crippen LogP contribution in [0.25, 0.3) is 10.6 Å². The van der Waals surface area contributed by atoms with E-state index in [-0.39, 0.29) is 0 Å². The van der Waals surface area contributed by atoms with E-state index in [2.05, 4.69) is 26.7 Å². The van der Waals surface area contributed by atoms with Gasteiger partial charge in [-0.15, -0.1) is 11.3 Å². The zero-order valence-corrected chi connectivity index (χ0v) is 9.54. The largest absolute Gasteiger partial charge is 0.369 e. The molecule has 15 heavy (non-hydrogen) atoms. The van der Waals surface area contributed by atoms with Crippen molar-refractivity contribution in [3.8, 4) is 10.6 Å². The van der Waals surface area contributed by atoms with Crippen LogP contribution in [0.2, 0.25) is 0 Å². The van der Waals surface area contributed by atoms with Gasteiger partial charge in [0.1, 0.15) is 5.82 Å². The molecule has 0 bridgehead atoms. The van der Waals surface area contributed by atoms with Crippen LogP contribution >= 0.6 is 23.6 Å². The molecule has 2 aromatic heterocycles. The van der Waals surface area contributed by atoms with Crippen LogP contribution in [-0.2, 0) is 6.42 Å². The van der Waals surface area contributed by atoms with Crippen LogP contribution in [0, 0.1) is 4.77 Å². The van der Waals surface area contributed by atoms with Crippen molar-refractivity contribution >= 4 is 29.4 Å². The van der Waals surface area contributed by atoms with Gasteiger partial charge in [-0.2, -0.15) is 0 Å². The minimum absolute atomic E-state index is 0.548. The third-order valence-corrected chi connectivity index (χ3v) is 3.55. The highest BCUT2D eigenvalue weighted by Gasteiger charge is 2.17. The first-order valence-electron chi connectivity index (χ1n) is 4.75. The molecule has 0 unspecified atom stereocenters. The molecule has 1 aliphatic heterocycles. The molecule has 0 radical (unpaired) electrons. The number of thiophene rings is 1. The monoisotopic (exact) mass is 235 g/mol. The summed E-state index contributed by atoms with van der Waals surface area (Å²) in [5, 5.41) is 5.32. The highest BCUT2D eigenvalue weighted by Crippen LogP contribution is 2.31. The van der Waals surface area contributed by atoms with E-state index in [0.717, 1.165) is 24.5 Å². The molecule has 0 saturated heterocycles. The SMILES string of the molecule is S=c1nc2c(c(-c3cccs3)[nH]1)CCN2. The molecular formula is C10H9N3S2. The molecule has 0 amide bonds. The van der Waals surface area contributed by atoms with Gasteiger partial charge in [-0.1, -0.05) is 6.07 Å². The minimum atomic E-state index is 0.548. The molecule has 3 nitrogen and oxygen atoms in total. The maximum Gasteiger partial charge on any atom is 0.199 e. The summed E-state index contributed by atoms with van der Waals surface area (Å²) in [4.78, 5) is 8.69. The van der Waals surface area contributed by atoms with Gasteiger partial charge in [0.2, 0.25) is 0 Å². The van der Waals surface area contributed by atoms with Gasteiger partial charge in [-0.3, -0.25) is 0 Å². The minimum Gasteiger partial charge on any atom is -0.369 e. The van der Waals surface area contributed by atoms with Gasteiger partial charge in [-0.25, -0.2) is 4.98 Å². The molecule has 0 saturated carbocycles. The van der Waals surface area contributed by atoms with Crippen molar-refractivity contribution in [3.63, 3.8) is 0 Å². The number of nitrogens with one attached hydrogen (secondary N) is 2. The summed E-state index contributed by atoms with van der Waals surface area (Å²) in [5.74, 6) is 0.946. The Morgan fingerprint density at radius 1 is 1.47 bits per heavy atom. The lowest BCUT2D eigenvalue weighted by molar-refractivity contribution is 1.09. The Balaban J connectivity index is 2.28. The number of hydrogen-bond acceptors (Lipinski definition) is 4. The van der Waals surface area contributed by atoms with Crippen molar-refractivity contribution in [1.29, 1.82) is 0 Å². The third-order valence-electron chi connectivity index (χ3n) is 2.47. The smallest absolute Gasteiger partial charge is 0.199 e. The molecule has 2 N–H and O–H groups in total. The van der Waals surface area contributed by atoms with Gasteiger partial charge in [0.05, 0.1) is 10.6 Å². The van der Waals surface area contributed by atoms with Gasteiger partial charge >= 0.3 is 0 Å². The summed E-state index contributed by atoms with van der Waals surface area (Å²) in [6.07, 6.45) is 1.02. The second-order valence-corrected chi connectivity index (χ2v) is 4.73. The van der Waals surface area contributed by atoms with Crippen molar-refractivity contribution < 1.29 is 0 Å². The first-order chi connectivity index (χ1) is 7.34. The molecule has 0 aliphatic carbocycles. The van der Waals surface area contributed by atoms with Crippen molar-refractivity contribution in [1.82, 2.24) is 9.97 Å². The summed E-state index contributed by atoms with van der Waals surface area (Å²) >= 11 is 6.83. The van der Waals surface area contributed by atoms with E-state index in [0.29, 0.717) is 4.77 Å². The van der Waals surface area contributed by atoms with Crippen LogP contribution in [-0.4, -0.2) is 16.5 Å². The summed E-state index contributed by atoms with van der Waals surface area (Å²) in [5.41, 5.74) is 2.39. The Kier molecular flexibility index (Phi) is 2.07. The van der Waals surface area contributed by atoms with Crippen LogP contribution in [0.3, 0.4) is 0 Å². The van der Waals surface area contributed by atoms with Crippen LogP contribution in [0.1, 0.15) is 5.56 Å². The third kappa shape index (κ3) is 1.48. The van der Waals surface area contributed by atoms with Gasteiger partial charge < -0.3 is 10.3 Å². The van der Waals surface area contributed by atoms with Crippen LogP contribution in [0.4, 0.5) is 5.82 Å². The lowest BCUT2D eigenvalue weighted by Gasteiger charge is -2.04. The predicted octanol–water partition coefficient (Wildman–Crippen LogP) is 2.84. The van der Waals surface area contributed by atoms with E-state index in [1.165, 1.54) is 10.4 Å². The number of anilines is 1. The highest BCUT2D eigenvalue weighted by atomic mass is 32.1. The number of aromatic nitrogens is 2. The Morgan fingerprint density at radius 2 is 2.40 bits per heavy atom. The van der Waals surface area contributed by atoms with Crippen LogP contribution in [0.5, 0.6) is 0 Å². The molecule has 2 aromatic rings. The number of rotatable bonds is 1. The lowest BCUT2D eigenvalue weighted by Crippen LogP contribution is -1.95. The number of aromatic amines is 1. The zero-order chi connectivity index (χ0) is 10.3. The second kappa shape index (κ2) is 3.43. The average molecular weight is 235 g/mol. The fraction of sp³-hybridized carbons (Fsp3) is 0.200. The quantitative estimate of drug-likeness (QED) is 0.747. The first kappa shape index (κ1) is 9.06. The highest BCUT2D eigenvalue weighted by molar-refractivity contribution is 7.71. The summed E-state index contributed by atoms with van der Waals surface area (Å²) in [6, 6.07) is 4.15. The van der Waals surface area contributed by atoms with Crippen LogP contribution < -0.4 is 5.32 Å². The number of nitrogens with zero attached hydrogens (tertiary/aromatic N) is 1. The molecule has 3 heterocycles. The van der Waals surface area contributed by atoms with Crippen molar-refractivity contribution in [2.45, 2.75) is 6.42 Å². The normalized spacial score (nSPS) is 13.6. The average Bonchev–Trinajstić information content (AvgIpc) is 2.86. The molecule has 1 aliphatic rings. The van der Waals surface area contributed by atoms with E-state index in [1.54, 1.807) is 11.3 Å². The number of hydrogen-bond donors (Lipinski definition) is 2. The fourth-order valence-electron chi connectivity index (χ4n) is 1.82. The molecule has 76 valence electrons. The van der Waals surface area contributed by atoms with Gasteiger partial charge in [0.25, 0.3) is 0 Å². The Labute approximate surface area is 96.2 Å². The molecule has 5 heteroatoms. The van der Waals surface area contributed by atoms with Gasteiger partial charge in [0.15, 0.2) is 4.77 Å². The topological polar surface area (TPSA) is 40.7 Å². The molecule has 0 spiro atoms. The van der Waals surface area contributed by atoms with E-state index >= 15 is 0 Å². The van der Waals surface area contributed by atoms with Gasteiger partial charge in [-0.05, 0) is 30.1 Å². The zero-order valence-electron chi connectivity index (χ0n) is 7.91. The lowest BCUT2D eigenvalue weighted by atomic mass is 10.1. The molecule has 0 fully saturated rings. The molecule has 0 atom stereocenters. The maximum atomic E-state index is 5.11.